The smallest absolute Gasteiger partial charge is 0.495 e. The molecule has 0 bridgehead atoms. The molecule has 1 heterocycles. The Morgan fingerprint density at radius 3 is 1.43 bits per heavy atom. The van der Waals surface area contributed by atoms with Crippen molar-refractivity contribution in [1.29, 1.82) is 0 Å². The summed E-state index contributed by atoms with van der Waals surface area (Å²) in [5.41, 5.74) is -0.952. The van der Waals surface area contributed by atoms with Crippen molar-refractivity contribution in [3.63, 3.8) is 0 Å². The number of phenols is 2. The fraction of sp³-hybridized carbons (Fsp3) is 0.333. The number of aromatic hydroxyl groups is 2. The molecule has 2 aromatic carbocycles. The summed E-state index contributed by atoms with van der Waals surface area (Å²) in [5, 5.41) is 17.6. The standard InChI is InChI=1S/C12H15BF2O3.C6H3BrF2O/c1-11(2)12(3,4)18-13(17-11)7-5-8(14)10(16)9(15)6-7;7-3-1-4(8)6(10)5(9)2-3/h5-6,16H,1-4H3;1-2,10H. The fourth-order valence-electron chi connectivity index (χ4n) is 2.23. The second-order valence-corrected chi connectivity index (χ2v) is 8.06. The van der Waals surface area contributed by atoms with Crippen LogP contribution in [0.4, 0.5) is 17.6 Å². The van der Waals surface area contributed by atoms with Crippen LogP contribution in [-0.2, 0) is 9.31 Å². The van der Waals surface area contributed by atoms with E-state index in [0.717, 1.165) is 24.3 Å². The predicted octanol–water partition coefficient (Wildman–Crippen LogP) is 4.40. The molecule has 0 radical (unpaired) electrons. The maximum atomic E-state index is 13.3. The molecule has 0 spiro atoms. The molecule has 0 aliphatic carbocycles. The summed E-state index contributed by atoms with van der Waals surface area (Å²) in [4.78, 5) is 0. The Balaban J connectivity index is 0.000000237. The third-order valence-corrected chi connectivity index (χ3v) is 5.00. The molecule has 3 rings (SSSR count). The van der Waals surface area contributed by atoms with Gasteiger partial charge in [0.15, 0.2) is 34.8 Å². The Morgan fingerprint density at radius 2 is 1.07 bits per heavy atom. The molecule has 0 saturated carbocycles. The second-order valence-electron chi connectivity index (χ2n) is 7.14. The lowest BCUT2D eigenvalue weighted by Gasteiger charge is -2.32. The van der Waals surface area contributed by atoms with E-state index in [1.807, 2.05) is 27.7 Å². The van der Waals surface area contributed by atoms with Crippen molar-refractivity contribution in [2.24, 2.45) is 0 Å². The van der Waals surface area contributed by atoms with Gasteiger partial charge in [-0.3, -0.25) is 0 Å². The molecule has 2 N–H and O–H groups in total. The number of halogens is 5. The Bertz CT molecular complexity index is 830. The molecule has 0 unspecified atom stereocenters. The summed E-state index contributed by atoms with van der Waals surface area (Å²) in [6, 6.07) is 4.00. The van der Waals surface area contributed by atoms with E-state index in [9.17, 15) is 17.6 Å². The molecule has 28 heavy (non-hydrogen) atoms. The summed E-state index contributed by atoms with van der Waals surface area (Å²) in [7, 11) is -0.848. The highest BCUT2D eigenvalue weighted by Crippen LogP contribution is 2.36. The minimum atomic E-state index is -1.03. The molecule has 10 heteroatoms. The number of rotatable bonds is 1. The van der Waals surface area contributed by atoms with Crippen molar-refractivity contribution >= 4 is 28.5 Å². The summed E-state index contributed by atoms with van der Waals surface area (Å²) < 4.78 is 62.8. The monoisotopic (exact) mass is 464 g/mol. The van der Waals surface area contributed by atoms with Crippen LogP contribution >= 0.6 is 15.9 Å². The molecule has 152 valence electrons. The van der Waals surface area contributed by atoms with Gasteiger partial charge in [0.1, 0.15) is 0 Å². The van der Waals surface area contributed by atoms with Gasteiger partial charge in [-0.15, -0.1) is 0 Å². The molecule has 4 nitrogen and oxygen atoms in total. The third-order valence-electron chi connectivity index (χ3n) is 4.55. The van der Waals surface area contributed by atoms with Gasteiger partial charge in [0.05, 0.1) is 11.2 Å². The van der Waals surface area contributed by atoms with Crippen LogP contribution in [-0.4, -0.2) is 28.5 Å². The van der Waals surface area contributed by atoms with Gasteiger partial charge in [-0.25, -0.2) is 17.6 Å². The maximum absolute atomic E-state index is 13.3. The van der Waals surface area contributed by atoms with Crippen molar-refractivity contribution in [1.82, 2.24) is 0 Å². The zero-order chi connectivity index (χ0) is 21.4. The molecule has 0 amide bonds. The largest absolute Gasteiger partial charge is 0.503 e. The van der Waals surface area contributed by atoms with Crippen molar-refractivity contribution in [3.8, 4) is 11.5 Å². The molecule has 1 aliphatic rings. The average molecular weight is 465 g/mol. The lowest BCUT2D eigenvalue weighted by molar-refractivity contribution is 0.00578. The number of hydrogen-bond donors (Lipinski definition) is 2. The Labute approximate surface area is 168 Å². The van der Waals surface area contributed by atoms with Gasteiger partial charge in [0.2, 0.25) is 0 Å². The molecule has 1 aliphatic heterocycles. The fourth-order valence-corrected chi connectivity index (χ4v) is 2.64. The number of phenolic OH excluding ortho intramolecular Hbond substituents is 2. The van der Waals surface area contributed by atoms with Gasteiger partial charge >= 0.3 is 7.12 Å². The molecular weight excluding hydrogens is 447 g/mol. The summed E-state index contributed by atoms with van der Waals surface area (Å²) in [6.45, 7) is 7.39. The van der Waals surface area contributed by atoms with Crippen LogP contribution in [0, 0.1) is 23.3 Å². The van der Waals surface area contributed by atoms with E-state index in [-0.39, 0.29) is 9.94 Å². The Morgan fingerprint density at radius 1 is 0.750 bits per heavy atom. The van der Waals surface area contributed by atoms with E-state index in [1.54, 1.807) is 0 Å². The highest BCUT2D eigenvalue weighted by molar-refractivity contribution is 9.10. The highest BCUT2D eigenvalue weighted by atomic mass is 79.9. The van der Waals surface area contributed by atoms with Crippen LogP contribution in [0.3, 0.4) is 0 Å². The topological polar surface area (TPSA) is 58.9 Å². The summed E-state index contributed by atoms with van der Waals surface area (Å²) >= 11 is 2.86. The lowest BCUT2D eigenvalue weighted by Crippen LogP contribution is -2.41. The zero-order valence-electron chi connectivity index (χ0n) is 15.5. The molecule has 1 fully saturated rings. The first-order valence-corrected chi connectivity index (χ1v) is 8.91. The third kappa shape index (κ3) is 4.61. The second kappa shape index (κ2) is 7.92. The predicted molar refractivity (Wildman–Crippen MR) is 99.5 cm³/mol. The van der Waals surface area contributed by atoms with Crippen molar-refractivity contribution in [2.75, 3.05) is 0 Å². The van der Waals surface area contributed by atoms with Crippen LogP contribution in [0.2, 0.25) is 0 Å². The summed E-state index contributed by atoms with van der Waals surface area (Å²) in [6.07, 6.45) is 0. The van der Waals surface area contributed by atoms with E-state index >= 15 is 0 Å². The Hall–Kier alpha value is -1.78. The van der Waals surface area contributed by atoms with Gasteiger partial charge in [-0.1, -0.05) is 15.9 Å². The van der Waals surface area contributed by atoms with Crippen LogP contribution in [0.1, 0.15) is 27.7 Å². The van der Waals surface area contributed by atoms with Crippen LogP contribution in [0.15, 0.2) is 28.7 Å². The number of benzene rings is 2. The van der Waals surface area contributed by atoms with Gasteiger partial charge in [0.25, 0.3) is 0 Å². The van der Waals surface area contributed by atoms with Crippen LogP contribution in [0.5, 0.6) is 11.5 Å². The van der Waals surface area contributed by atoms with Gasteiger partial charge in [-0.2, -0.15) is 0 Å². The first kappa shape index (κ1) is 22.5. The van der Waals surface area contributed by atoms with Crippen LogP contribution in [0.25, 0.3) is 0 Å². The molecular formula is C18H18BBrF4O4. The van der Waals surface area contributed by atoms with E-state index < -0.39 is 53.1 Å². The maximum Gasteiger partial charge on any atom is 0.495 e. The lowest BCUT2D eigenvalue weighted by atomic mass is 9.79. The first-order chi connectivity index (χ1) is 12.7. The van der Waals surface area contributed by atoms with Crippen molar-refractivity contribution in [2.45, 2.75) is 38.9 Å². The SMILES string of the molecule is CC1(C)OB(c2cc(F)c(O)c(F)c2)OC1(C)C.Oc1c(F)cc(Br)cc1F. The van der Waals surface area contributed by atoms with E-state index in [1.165, 1.54) is 0 Å². The minimum absolute atomic E-state index is 0.210. The zero-order valence-corrected chi connectivity index (χ0v) is 17.1. The van der Waals surface area contributed by atoms with Gasteiger partial charge in [0, 0.05) is 4.47 Å². The van der Waals surface area contributed by atoms with Crippen LogP contribution < -0.4 is 5.46 Å². The minimum Gasteiger partial charge on any atom is -0.503 e. The normalized spacial score (nSPS) is 17.2. The van der Waals surface area contributed by atoms with E-state index in [4.69, 9.17) is 19.5 Å². The van der Waals surface area contributed by atoms with E-state index in [0.29, 0.717) is 0 Å². The van der Waals surface area contributed by atoms with Crippen molar-refractivity contribution in [3.05, 3.63) is 52.0 Å². The average Bonchev–Trinajstić information content (AvgIpc) is 2.78. The quantitative estimate of drug-likeness (QED) is 0.485. The molecule has 0 aromatic heterocycles. The Kier molecular flexibility index (Phi) is 6.37. The molecule has 1 saturated heterocycles. The highest BCUT2D eigenvalue weighted by Gasteiger charge is 2.52. The van der Waals surface area contributed by atoms with E-state index in [2.05, 4.69) is 15.9 Å². The first-order valence-electron chi connectivity index (χ1n) is 8.12. The number of hydrogen-bond acceptors (Lipinski definition) is 4. The van der Waals surface area contributed by atoms with Gasteiger partial charge < -0.3 is 19.5 Å². The van der Waals surface area contributed by atoms with Crippen molar-refractivity contribution < 1.29 is 37.1 Å². The molecule has 2 aromatic rings. The summed E-state index contributed by atoms with van der Waals surface area (Å²) in [5.74, 6) is -5.92. The van der Waals surface area contributed by atoms with Gasteiger partial charge in [-0.05, 0) is 57.4 Å². The molecule has 0 atom stereocenters.